The molecule has 0 amide bonds. The zero-order valence-corrected chi connectivity index (χ0v) is 11.0. The Balaban J connectivity index is 2.06. The van der Waals surface area contributed by atoms with Crippen LogP contribution in [-0.2, 0) is 6.42 Å². The third-order valence-electron chi connectivity index (χ3n) is 2.53. The normalized spacial score (nSPS) is 12.1. The molecule has 0 saturated heterocycles. The van der Waals surface area contributed by atoms with Gasteiger partial charge in [-0.2, -0.15) is 0 Å². The predicted octanol–water partition coefficient (Wildman–Crippen LogP) is 3.77. The van der Waals surface area contributed by atoms with E-state index in [0.717, 1.165) is 5.56 Å². The lowest BCUT2D eigenvalue weighted by atomic mass is 10.1. The van der Waals surface area contributed by atoms with Gasteiger partial charge in [0.05, 0.1) is 0 Å². The van der Waals surface area contributed by atoms with Crippen LogP contribution in [0, 0.1) is 0 Å². The van der Waals surface area contributed by atoms with Crippen molar-refractivity contribution in [1.29, 1.82) is 0 Å². The summed E-state index contributed by atoms with van der Waals surface area (Å²) >= 11 is 11.9. The highest BCUT2D eigenvalue weighted by molar-refractivity contribution is 6.33. The van der Waals surface area contributed by atoms with Gasteiger partial charge in [0.15, 0.2) is 5.78 Å². The first-order valence-electron chi connectivity index (χ1n) is 5.50. The van der Waals surface area contributed by atoms with Gasteiger partial charge >= 0.3 is 0 Å². The lowest BCUT2D eigenvalue weighted by Crippen LogP contribution is -2.18. The van der Waals surface area contributed by atoms with Crippen molar-refractivity contribution in [2.45, 2.75) is 11.8 Å². The average molecular weight is 280 g/mol. The molecule has 2 aromatic rings. The molecule has 0 fully saturated rings. The van der Waals surface area contributed by atoms with Crippen LogP contribution in [0.1, 0.15) is 16.1 Å². The van der Waals surface area contributed by atoms with E-state index >= 15 is 0 Å². The van der Waals surface area contributed by atoms with Gasteiger partial charge in [-0.05, 0) is 36.2 Å². The fourth-order valence-electron chi connectivity index (χ4n) is 1.59. The topological polar surface area (TPSA) is 30.0 Å². The molecule has 92 valence electrons. The molecule has 0 aliphatic heterocycles. The van der Waals surface area contributed by atoms with E-state index in [-0.39, 0.29) is 5.78 Å². The molecule has 1 heterocycles. The Kier molecular flexibility index (Phi) is 4.34. The standard InChI is InChI=1S/C14H11Cl2NO/c15-11-6-4-10(5-7-11)9-12(16)14(18)13-3-1-2-8-17-13/h1-8,12H,9H2. The first-order chi connectivity index (χ1) is 8.66. The molecule has 0 aliphatic rings. The molecule has 1 aromatic carbocycles. The molecular formula is C14H11Cl2NO. The molecule has 1 unspecified atom stereocenters. The Morgan fingerprint density at radius 3 is 2.50 bits per heavy atom. The molecular weight excluding hydrogens is 269 g/mol. The fourth-order valence-corrected chi connectivity index (χ4v) is 2.01. The summed E-state index contributed by atoms with van der Waals surface area (Å²) in [7, 11) is 0. The van der Waals surface area contributed by atoms with Gasteiger partial charge in [0.2, 0.25) is 0 Å². The van der Waals surface area contributed by atoms with Crippen LogP contribution in [0.25, 0.3) is 0 Å². The molecule has 0 aliphatic carbocycles. The number of aromatic nitrogens is 1. The maximum absolute atomic E-state index is 12.0. The zero-order valence-electron chi connectivity index (χ0n) is 9.51. The van der Waals surface area contributed by atoms with Crippen LogP contribution >= 0.6 is 23.2 Å². The van der Waals surface area contributed by atoms with Crippen LogP contribution in [0.2, 0.25) is 5.02 Å². The first-order valence-corrected chi connectivity index (χ1v) is 6.32. The lowest BCUT2D eigenvalue weighted by molar-refractivity contribution is 0.0982. The van der Waals surface area contributed by atoms with Gasteiger partial charge in [0.25, 0.3) is 0 Å². The van der Waals surface area contributed by atoms with Crippen molar-refractivity contribution in [1.82, 2.24) is 4.98 Å². The molecule has 0 saturated carbocycles. The molecule has 1 aromatic heterocycles. The number of carbonyl (C=O) groups excluding carboxylic acids is 1. The van der Waals surface area contributed by atoms with Crippen molar-refractivity contribution in [2.24, 2.45) is 0 Å². The van der Waals surface area contributed by atoms with Gasteiger partial charge in [-0.3, -0.25) is 9.78 Å². The number of pyridine rings is 1. The second-order valence-corrected chi connectivity index (χ2v) is 4.84. The van der Waals surface area contributed by atoms with E-state index in [9.17, 15) is 4.79 Å². The second-order valence-electron chi connectivity index (χ2n) is 3.88. The van der Waals surface area contributed by atoms with E-state index in [1.54, 1.807) is 36.5 Å². The van der Waals surface area contributed by atoms with E-state index in [2.05, 4.69) is 4.98 Å². The third kappa shape index (κ3) is 3.31. The SMILES string of the molecule is O=C(c1ccccn1)C(Cl)Cc1ccc(Cl)cc1. The number of Topliss-reactive ketones (excluding diaryl/α,β-unsaturated/α-hetero) is 1. The molecule has 2 rings (SSSR count). The van der Waals surface area contributed by atoms with Crippen molar-refractivity contribution in [2.75, 3.05) is 0 Å². The van der Waals surface area contributed by atoms with Gasteiger partial charge < -0.3 is 0 Å². The molecule has 0 spiro atoms. The van der Waals surface area contributed by atoms with Gasteiger partial charge in [0, 0.05) is 11.2 Å². The van der Waals surface area contributed by atoms with Crippen LogP contribution < -0.4 is 0 Å². The number of hydrogen-bond donors (Lipinski definition) is 0. The molecule has 0 bridgehead atoms. The highest BCUT2D eigenvalue weighted by Gasteiger charge is 2.18. The van der Waals surface area contributed by atoms with Crippen molar-refractivity contribution in [3.8, 4) is 0 Å². The molecule has 1 atom stereocenters. The maximum Gasteiger partial charge on any atom is 0.199 e. The largest absolute Gasteiger partial charge is 0.291 e. The Labute approximate surface area is 116 Å². The number of alkyl halides is 1. The van der Waals surface area contributed by atoms with E-state index in [1.807, 2.05) is 12.1 Å². The van der Waals surface area contributed by atoms with E-state index < -0.39 is 5.38 Å². The predicted molar refractivity (Wildman–Crippen MR) is 73.4 cm³/mol. The summed E-state index contributed by atoms with van der Waals surface area (Å²) in [5, 5.41) is 0.0574. The Morgan fingerprint density at radius 1 is 1.17 bits per heavy atom. The summed E-state index contributed by atoms with van der Waals surface area (Å²) < 4.78 is 0. The van der Waals surface area contributed by atoms with Crippen LogP contribution in [0.4, 0.5) is 0 Å². The molecule has 0 radical (unpaired) electrons. The number of ketones is 1. The molecule has 2 nitrogen and oxygen atoms in total. The van der Waals surface area contributed by atoms with Gasteiger partial charge in [-0.25, -0.2) is 0 Å². The van der Waals surface area contributed by atoms with Gasteiger partial charge in [-0.15, -0.1) is 11.6 Å². The van der Waals surface area contributed by atoms with Crippen molar-refractivity contribution >= 4 is 29.0 Å². The van der Waals surface area contributed by atoms with Crippen LogP contribution in [0.15, 0.2) is 48.7 Å². The molecule has 18 heavy (non-hydrogen) atoms. The minimum atomic E-state index is -0.610. The van der Waals surface area contributed by atoms with Crippen LogP contribution in [0.3, 0.4) is 0 Å². The Bertz CT molecular complexity index is 525. The minimum Gasteiger partial charge on any atom is -0.291 e. The van der Waals surface area contributed by atoms with Gasteiger partial charge in [0.1, 0.15) is 11.1 Å². The number of rotatable bonds is 4. The maximum atomic E-state index is 12.0. The summed E-state index contributed by atoms with van der Waals surface area (Å²) in [5.74, 6) is -0.160. The summed E-state index contributed by atoms with van der Waals surface area (Å²) in [6, 6.07) is 12.5. The van der Waals surface area contributed by atoms with Crippen LogP contribution in [-0.4, -0.2) is 16.1 Å². The quantitative estimate of drug-likeness (QED) is 0.630. The fraction of sp³-hybridized carbons (Fsp3) is 0.143. The van der Waals surface area contributed by atoms with E-state index in [0.29, 0.717) is 17.1 Å². The lowest BCUT2D eigenvalue weighted by Gasteiger charge is -2.08. The Hall–Kier alpha value is -1.38. The highest BCUT2D eigenvalue weighted by Crippen LogP contribution is 2.15. The van der Waals surface area contributed by atoms with Crippen LogP contribution in [0.5, 0.6) is 0 Å². The number of carbonyl (C=O) groups is 1. The van der Waals surface area contributed by atoms with E-state index in [1.165, 1.54) is 0 Å². The highest BCUT2D eigenvalue weighted by atomic mass is 35.5. The number of nitrogens with zero attached hydrogens (tertiary/aromatic N) is 1. The van der Waals surface area contributed by atoms with Gasteiger partial charge in [-0.1, -0.05) is 29.8 Å². The van der Waals surface area contributed by atoms with E-state index in [4.69, 9.17) is 23.2 Å². The third-order valence-corrected chi connectivity index (χ3v) is 3.13. The van der Waals surface area contributed by atoms with Crippen molar-refractivity contribution in [3.63, 3.8) is 0 Å². The monoisotopic (exact) mass is 279 g/mol. The summed E-state index contributed by atoms with van der Waals surface area (Å²) in [4.78, 5) is 16.0. The first kappa shape index (κ1) is 13.1. The zero-order chi connectivity index (χ0) is 13.0. The minimum absolute atomic E-state index is 0.160. The summed E-state index contributed by atoms with van der Waals surface area (Å²) in [5.41, 5.74) is 1.37. The average Bonchev–Trinajstić information content (AvgIpc) is 2.41. The number of halogens is 2. The summed E-state index contributed by atoms with van der Waals surface area (Å²) in [6.45, 7) is 0. The number of hydrogen-bond acceptors (Lipinski definition) is 2. The van der Waals surface area contributed by atoms with Crippen molar-refractivity contribution in [3.05, 3.63) is 64.9 Å². The summed E-state index contributed by atoms with van der Waals surface area (Å²) in [6.07, 6.45) is 2.05. The molecule has 0 N–H and O–H groups in total. The molecule has 4 heteroatoms. The smallest absolute Gasteiger partial charge is 0.199 e. The second kappa shape index (κ2) is 5.98. The Morgan fingerprint density at radius 2 is 1.89 bits per heavy atom. The van der Waals surface area contributed by atoms with Crippen molar-refractivity contribution < 1.29 is 4.79 Å². The number of benzene rings is 1.